The number of piperidine rings is 1. The first-order valence-electron chi connectivity index (χ1n) is 6.86. The van der Waals surface area contributed by atoms with Crippen LogP contribution in [-0.4, -0.2) is 30.4 Å². The fourth-order valence-electron chi connectivity index (χ4n) is 2.62. The highest BCUT2D eigenvalue weighted by Crippen LogP contribution is 2.22. The van der Waals surface area contributed by atoms with Crippen molar-refractivity contribution in [2.24, 2.45) is 0 Å². The summed E-state index contributed by atoms with van der Waals surface area (Å²) in [6, 6.07) is 7.14. The lowest BCUT2D eigenvalue weighted by Crippen LogP contribution is -2.47. The summed E-state index contributed by atoms with van der Waals surface area (Å²) in [5.41, 5.74) is 0.713. The molecule has 1 fully saturated rings. The summed E-state index contributed by atoms with van der Waals surface area (Å²) in [6.45, 7) is 2.74. The molecule has 1 N–H and O–H groups in total. The van der Waals surface area contributed by atoms with Crippen LogP contribution in [0.2, 0.25) is 0 Å². The van der Waals surface area contributed by atoms with E-state index >= 15 is 0 Å². The van der Waals surface area contributed by atoms with Crippen molar-refractivity contribution >= 4 is 5.91 Å². The first-order valence-corrected chi connectivity index (χ1v) is 6.86. The molecule has 2 atom stereocenters. The SMILES string of the molecule is CCC(NC1CCC(=O)N(C)C1)c1ccccc1F. The Labute approximate surface area is 113 Å². The zero-order chi connectivity index (χ0) is 13.8. The fourth-order valence-corrected chi connectivity index (χ4v) is 2.62. The largest absolute Gasteiger partial charge is 0.344 e. The molecule has 1 saturated heterocycles. The first kappa shape index (κ1) is 14.0. The lowest BCUT2D eigenvalue weighted by Gasteiger charge is -2.33. The molecule has 104 valence electrons. The van der Waals surface area contributed by atoms with Gasteiger partial charge in [-0.15, -0.1) is 0 Å². The summed E-state index contributed by atoms with van der Waals surface area (Å²) in [5.74, 6) is 0.0269. The molecule has 19 heavy (non-hydrogen) atoms. The number of hydrogen-bond donors (Lipinski definition) is 1. The number of halogens is 1. The van der Waals surface area contributed by atoms with Gasteiger partial charge in [-0.25, -0.2) is 4.39 Å². The summed E-state index contributed by atoms with van der Waals surface area (Å²) < 4.78 is 13.8. The van der Waals surface area contributed by atoms with E-state index in [9.17, 15) is 9.18 Å². The summed E-state index contributed by atoms with van der Waals surface area (Å²) in [4.78, 5) is 13.2. The Balaban J connectivity index is 2.04. The van der Waals surface area contributed by atoms with Crippen LogP contribution in [0.3, 0.4) is 0 Å². The average Bonchev–Trinajstić information content (AvgIpc) is 2.41. The van der Waals surface area contributed by atoms with Gasteiger partial charge in [0.05, 0.1) is 0 Å². The number of nitrogens with one attached hydrogen (secondary N) is 1. The molecule has 0 spiro atoms. The zero-order valence-electron chi connectivity index (χ0n) is 11.5. The Kier molecular flexibility index (Phi) is 4.53. The van der Waals surface area contributed by atoms with Crippen LogP contribution in [0.5, 0.6) is 0 Å². The second-order valence-electron chi connectivity index (χ2n) is 5.16. The molecule has 1 aromatic rings. The molecule has 3 nitrogen and oxygen atoms in total. The van der Waals surface area contributed by atoms with E-state index in [4.69, 9.17) is 0 Å². The van der Waals surface area contributed by atoms with Gasteiger partial charge in [-0.1, -0.05) is 25.1 Å². The molecule has 0 bridgehead atoms. The van der Waals surface area contributed by atoms with Crippen molar-refractivity contribution in [1.29, 1.82) is 0 Å². The monoisotopic (exact) mass is 264 g/mol. The van der Waals surface area contributed by atoms with Crippen molar-refractivity contribution in [3.05, 3.63) is 35.6 Å². The van der Waals surface area contributed by atoms with Gasteiger partial charge in [-0.05, 0) is 18.9 Å². The Morgan fingerprint density at radius 1 is 1.47 bits per heavy atom. The van der Waals surface area contributed by atoms with E-state index in [-0.39, 0.29) is 23.8 Å². The minimum Gasteiger partial charge on any atom is -0.344 e. The minimum absolute atomic E-state index is 0.00722. The van der Waals surface area contributed by atoms with E-state index in [0.29, 0.717) is 18.5 Å². The predicted molar refractivity (Wildman–Crippen MR) is 73.2 cm³/mol. The van der Waals surface area contributed by atoms with Crippen LogP contribution < -0.4 is 5.32 Å². The average molecular weight is 264 g/mol. The van der Waals surface area contributed by atoms with Gasteiger partial charge in [0.2, 0.25) is 5.91 Å². The Morgan fingerprint density at radius 3 is 2.84 bits per heavy atom. The molecule has 1 amide bonds. The van der Waals surface area contributed by atoms with E-state index in [2.05, 4.69) is 5.32 Å². The van der Waals surface area contributed by atoms with Gasteiger partial charge in [-0.3, -0.25) is 4.79 Å². The summed E-state index contributed by atoms with van der Waals surface area (Å²) in [5, 5.41) is 3.48. The van der Waals surface area contributed by atoms with Crippen LogP contribution in [-0.2, 0) is 4.79 Å². The summed E-state index contributed by atoms with van der Waals surface area (Å²) in [7, 11) is 1.82. The Hall–Kier alpha value is -1.42. The third-order valence-corrected chi connectivity index (χ3v) is 3.75. The highest BCUT2D eigenvalue weighted by Gasteiger charge is 2.25. The molecule has 1 aliphatic rings. The van der Waals surface area contributed by atoms with E-state index < -0.39 is 0 Å². The van der Waals surface area contributed by atoms with Crippen LogP contribution in [0.25, 0.3) is 0 Å². The quantitative estimate of drug-likeness (QED) is 0.906. The molecule has 2 unspecified atom stereocenters. The van der Waals surface area contributed by atoms with Crippen molar-refractivity contribution in [2.75, 3.05) is 13.6 Å². The van der Waals surface area contributed by atoms with E-state index in [1.54, 1.807) is 11.0 Å². The van der Waals surface area contributed by atoms with Crippen molar-refractivity contribution in [1.82, 2.24) is 10.2 Å². The molecule has 0 radical (unpaired) electrons. The van der Waals surface area contributed by atoms with Crippen LogP contribution in [0.15, 0.2) is 24.3 Å². The van der Waals surface area contributed by atoms with E-state index in [1.807, 2.05) is 26.1 Å². The van der Waals surface area contributed by atoms with Crippen LogP contribution in [0.1, 0.15) is 37.8 Å². The molecular weight excluding hydrogens is 243 g/mol. The molecular formula is C15H21FN2O. The van der Waals surface area contributed by atoms with E-state index in [1.165, 1.54) is 6.07 Å². The topological polar surface area (TPSA) is 32.3 Å². The normalized spacial score (nSPS) is 21.5. The van der Waals surface area contributed by atoms with Crippen molar-refractivity contribution in [3.8, 4) is 0 Å². The number of amides is 1. The number of hydrogen-bond acceptors (Lipinski definition) is 2. The summed E-state index contributed by atoms with van der Waals surface area (Å²) in [6.07, 6.45) is 2.23. The first-order chi connectivity index (χ1) is 9.11. The third-order valence-electron chi connectivity index (χ3n) is 3.75. The van der Waals surface area contributed by atoms with Gasteiger partial charge in [0, 0.05) is 37.7 Å². The van der Waals surface area contributed by atoms with Gasteiger partial charge < -0.3 is 10.2 Å². The number of benzene rings is 1. The standard InChI is InChI=1S/C15H21FN2O/c1-3-14(12-6-4-5-7-13(12)16)17-11-8-9-15(19)18(2)10-11/h4-7,11,14,17H,3,8-10H2,1-2H3. The fraction of sp³-hybridized carbons (Fsp3) is 0.533. The van der Waals surface area contributed by atoms with Crippen molar-refractivity contribution in [3.63, 3.8) is 0 Å². The van der Waals surface area contributed by atoms with Gasteiger partial charge in [-0.2, -0.15) is 0 Å². The van der Waals surface area contributed by atoms with Crippen LogP contribution in [0.4, 0.5) is 4.39 Å². The van der Waals surface area contributed by atoms with Crippen LogP contribution in [0, 0.1) is 5.82 Å². The van der Waals surface area contributed by atoms with Gasteiger partial charge in [0.1, 0.15) is 5.82 Å². The molecule has 2 rings (SSSR count). The molecule has 1 heterocycles. The number of carbonyl (C=O) groups excluding carboxylic acids is 1. The predicted octanol–water partition coefficient (Wildman–Crippen LogP) is 2.49. The molecule has 4 heteroatoms. The number of likely N-dealkylation sites (N-methyl/N-ethyl adjacent to an activating group) is 1. The number of nitrogens with zero attached hydrogens (tertiary/aromatic N) is 1. The molecule has 0 saturated carbocycles. The van der Waals surface area contributed by atoms with E-state index in [0.717, 1.165) is 12.8 Å². The number of carbonyl (C=O) groups is 1. The smallest absolute Gasteiger partial charge is 0.222 e. The highest BCUT2D eigenvalue weighted by molar-refractivity contribution is 5.76. The molecule has 1 aromatic carbocycles. The molecule has 1 aliphatic heterocycles. The second kappa shape index (κ2) is 6.15. The van der Waals surface area contributed by atoms with Gasteiger partial charge >= 0.3 is 0 Å². The summed E-state index contributed by atoms with van der Waals surface area (Å²) >= 11 is 0. The van der Waals surface area contributed by atoms with Gasteiger partial charge in [0.25, 0.3) is 0 Å². The third kappa shape index (κ3) is 3.32. The number of rotatable bonds is 4. The Morgan fingerprint density at radius 2 is 2.21 bits per heavy atom. The van der Waals surface area contributed by atoms with Crippen molar-refractivity contribution < 1.29 is 9.18 Å². The lowest BCUT2D eigenvalue weighted by atomic mass is 9.99. The molecule has 0 aromatic heterocycles. The maximum atomic E-state index is 13.8. The van der Waals surface area contributed by atoms with Gasteiger partial charge in [0.15, 0.2) is 0 Å². The maximum absolute atomic E-state index is 13.8. The zero-order valence-corrected chi connectivity index (χ0v) is 11.5. The minimum atomic E-state index is -0.165. The highest BCUT2D eigenvalue weighted by atomic mass is 19.1. The maximum Gasteiger partial charge on any atom is 0.222 e. The number of likely N-dealkylation sites (tertiary alicyclic amines) is 1. The molecule has 0 aliphatic carbocycles. The van der Waals surface area contributed by atoms with Crippen LogP contribution >= 0.6 is 0 Å². The van der Waals surface area contributed by atoms with Crippen molar-refractivity contribution in [2.45, 2.75) is 38.3 Å². The lowest BCUT2D eigenvalue weighted by molar-refractivity contribution is -0.132. The Bertz CT molecular complexity index is 450. The second-order valence-corrected chi connectivity index (χ2v) is 5.16.